The Bertz CT molecular complexity index is 459. The molecule has 4 nitrogen and oxygen atoms in total. The third kappa shape index (κ3) is 3.07. The maximum absolute atomic E-state index is 11.4. The number of ether oxygens (including phenoxy) is 1. The first-order valence-corrected chi connectivity index (χ1v) is 6.90. The van der Waals surface area contributed by atoms with Crippen LogP contribution in [0.15, 0.2) is 18.2 Å². The lowest BCUT2D eigenvalue weighted by atomic mass is 9.89. The van der Waals surface area contributed by atoms with Crippen molar-refractivity contribution in [3.05, 3.63) is 29.3 Å². The number of hydrogen-bond donors (Lipinski definition) is 2. The molecule has 0 radical (unpaired) electrons. The average Bonchev–Trinajstić information content (AvgIpc) is 2.43. The molecule has 0 amide bonds. The molecule has 4 heteroatoms. The number of benzene rings is 1. The zero-order valence-electron chi connectivity index (χ0n) is 11.5. The minimum absolute atomic E-state index is 0.232. The van der Waals surface area contributed by atoms with Crippen LogP contribution in [0.1, 0.15) is 43.9 Å². The van der Waals surface area contributed by atoms with Gasteiger partial charge in [-0.25, -0.2) is 0 Å². The van der Waals surface area contributed by atoms with Crippen molar-refractivity contribution >= 4 is 5.97 Å². The van der Waals surface area contributed by atoms with Crippen molar-refractivity contribution in [2.75, 3.05) is 6.61 Å². The Kier molecular flexibility index (Phi) is 4.43. The average molecular weight is 263 g/mol. The van der Waals surface area contributed by atoms with Gasteiger partial charge in [-0.1, -0.05) is 19.9 Å². The van der Waals surface area contributed by atoms with Crippen molar-refractivity contribution in [2.24, 2.45) is 0 Å². The highest BCUT2D eigenvalue weighted by molar-refractivity contribution is 5.77. The summed E-state index contributed by atoms with van der Waals surface area (Å²) in [5.74, 6) is -0.0735. The van der Waals surface area contributed by atoms with Gasteiger partial charge in [-0.2, -0.15) is 0 Å². The second kappa shape index (κ2) is 6.06. The fourth-order valence-corrected chi connectivity index (χ4v) is 2.45. The van der Waals surface area contributed by atoms with Gasteiger partial charge in [0.05, 0.1) is 6.61 Å². The summed E-state index contributed by atoms with van der Waals surface area (Å²) >= 11 is 0. The predicted molar refractivity (Wildman–Crippen MR) is 73.5 cm³/mol. The Hall–Kier alpha value is -1.55. The summed E-state index contributed by atoms with van der Waals surface area (Å²) in [5, 5.41) is 12.5. The molecule has 0 fully saturated rings. The SMILES string of the molecule is CCCOc1ccc2c(c1)C(C(=O)O)NC(CC)C2. The molecule has 0 saturated carbocycles. The van der Waals surface area contributed by atoms with E-state index in [4.69, 9.17) is 4.74 Å². The van der Waals surface area contributed by atoms with E-state index in [1.165, 1.54) is 0 Å². The molecule has 1 aromatic rings. The zero-order chi connectivity index (χ0) is 13.8. The molecule has 2 atom stereocenters. The summed E-state index contributed by atoms with van der Waals surface area (Å²) in [4.78, 5) is 11.4. The van der Waals surface area contributed by atoms with Crippen molar-refractivity contribution in [1.29, 1.82) is 0 Å². The quantitative estimate of drug-likeness (QED) is 0.857. The molecule has 2 rings (SSSR count). The standard InChI is InChI=1S/C15H21NO3/c1-3-7-19-12-6-5-10-8-11(4-2)16-14(15(17)18)13(10)9-12/h5-6,9,11,14,16H,3-4,7-8H2,1-2H3,(H,17,18). The first-order chi connectivity index (χ1) is 9.15. The maximum Gasteiger partial charge on any atom is 0.325 e. The predicted octanol–water partition coefficient (Wildman–Crippen LogP) is 2.53. The van der Waals surface area contributed by atoms with Crippen LogP contribution in [0.25, 0.3) is 0 Å². The van der Waals surface area contributed by atoms with E-state index in [2.05, 4.69) is 12.2 Å². The molecule has 0 aliphatic carbocycles. The van der Waals surface area contributed by atoms with E-state index in [1.54, 1.807) is 0 Å². The second-order valence-electron chi connectivity index (χ2n) is 4.96. The normalized spacial score (nSPS) is 21.8. The van der Waals surface area contributed by atoms with Crippen LogP contribution in [-0.4, -0.2) is 23.7 Å². The van der Waals surface area contributed by atoms with Gasteiger partial charge in [0.15, 0.2) is 0 Å². The lowest BCUT2D eigenvalue weighted by molar-refractivity contribution is -0.140. The van der Waals surface area contributed by atoms with E-state index < -0.39 is 12.0 Å². The van der Waals surface area contributed by atoms with Crippen LogP contribution in [0, 0.1) is 0 Å². The molecule has 19 heavy (non-hydrogen) atoms. The summed E-state index contributed by atoms with van der Waals surface area (Å²) < 4.78 is 5.58. The molecular weight excluding hydrogens is 242 g/mol. The number of carboxylic acid groups (broad SMARTS) is 1. The Balaban J connectivity index is 2.29. The van der Waals surface area contributed by atoms with Crippen molar-refractivity contribution in [3.63, 3.8) is 0 Å². The highest BCUT2D eigenvalue weighted by Crippen LogP contribution is 2.30. The largest absolute Gasteiger partial charge is 0.494 e. The Labute approximate surface area is 113 Å². The monoisotopic (exact) mass is 263 g/mol. The summed E-state index contributed by atoms with van der Waals surface area (Å²) in [7, 11) is 0. The molecule has 1 heterocycles. The Morgan fingerprint density at radius 1 is 1.47 bits per heavy atom. The molecule has 0 bridgehead atoms. The molecule has 104 valence electrons. The van der Waals surface area contributed by atoms with Crippen molar-refractivity contribution in [2.45, 2.75) is 45.2 Å². The number of rotatable bonds is 5. The lowest BCUT2D eigenvalue weighted by Crippen LogP contribution is -2.42. The van der Waals surface area contributed by atoms with Crippen molar-refractivity contribution in [1.82, 2.24) is 5.32 Å². The van der Waals surface area contributed by atoms with Crippen LogP contribution < -0.4 is 10.1 Å². The minimum atomic E-state index is -0.827. The first kappa shape index (κ1) is 13.9. The number of hydrogen-bond acceptors (Lipinski definition) is 3. The maximum atomic E-state index is 11.4. The van der Waals surface area contributed by atoms with E-state index in [9.17, 15) is 9.90 Å². The van der Waals surface area contributed by atoms with E-state index in [-0.39, 0.29) is 6.04 Å². The Morgan fingerprint density at radius 3 is 2.89 bits per heavy atom. The van der Waals surface area contributed by atoms with E-state index in [1.807, 2.05) is 25.1 Å². The van der Waals surface area contributed by atoms with E-state index in [0.29, 0.717) is 6.61 Å². The topological polar surface area (TPSA) is 58.6 Å². The van der Waals surface area contributed by atoms with Gasteiger partial charge < -0.3 is 9.84 Å². The molecule has 1 aromatic carbocycles. The van der Waals surface area contributed by atoms with Crippen LogP contribution in [0.2, 0.25) is 0 Å². The Morgan fingerprint density at radius 2 is 2.26 bits per heavy atom. The second-order valence-corrected chi connectivity index (χ2v) is 4.96. The molecule has 2 N–H and O–H groups in total. The number of fused-ring (bicyclic) bond motifs is 1. The smallest absolute Gasteiger partial charge is 0.325 e. The molecule has 0 aromatic heterocycles. The number of carboxylic acids is 1. The van der Waals surface area contributed by atoms with Crippen LogP contribution in [0.3, 0.4) is 0 Å². The third-order valence-electron chi connectivity index (χ3n) is 3.51. The lowest BCUT2D eigenvalue weighted by Gasteiger charge is -2.30. The highest BCUT2D eigenvalue weighted by Gasteiger charge is 2.30. The summed E-state index contributed by atoms with van der Waals surface area (Å²) in [6, 6.07) is 5.41. The number of aliphatic carboxylic acids is 1. The van der Waals surface area contributed by atoms with Gasteiger partial charge >= 0.3 is 5.97 Å². The van der Waals surface area contributed by atoms with Crippen LogP contribution in [0.5, 0.6) is 5.75 Å². The van der Waals surface area contributed by atoms with Crippen LogP contribution in [0.4, 0.5) is 0 Å². The molecule has 1 aliphatic rings. The molecule has 1 aliphatic heterocycles. The van der Waals surface area contributed by atoms with Gasteiger partial charge in [-0.05, 0) is 42.5 Å². The van der Waals surface area contributed by atoms with Crippen LogP contribution in [-0.2, 0) is 11.2 Å². The van der Waals surface area contributed by atoms with E-state index >= 15 is 0 Å². The van der Waals surface area contributed by atoms with Gasteiger partial charge in [0, 0.05) is 6.04 Å². The molecule has 2 unspecified atom stereocenters. The molecule has 0 spiro atoms. The number of nitrogens with one attached hydrogen (secondary N) is 1. The van der Waals surface area contributed by atoms with Crippen molar-refractivity contribution in [3.8, 4) is 5.75 Å². The first-order valence-electron chi connectivity index (χ1n) is 6.90. The fourth-order valence-electron chi connectivity index (χ4n) is 2.45. The zero-order valence-corrected chi connectivity index (χ0v) is 11.5. The summed E-state index contributed by atoms with van der Waals surface area (Å²) in [5.41, 5.74) is 1.95. The fraction of sp³-hybridized carbons (Fsp3) is 0.533. The summed E-state index contributed by atoms with van der Waals surface area (Å²) in [6.45, 7) is 4.77. The van der Waals surface area contributed by atoms with Gasteiger partial charge in [0.1, 0.15) is 11.8 Å². The summed E-state index contributed by atoms with van der Waals surface area (Å²) in [6.07, 6.45) is 2.75. The van der Waals surface area contributed by atoms with Gasteiger partial charge in [0.2, 0.25) is 0 Å². The molecule has 0 saturated heterocycles. The van der Waals surface area contributed by atoms with Crippen molar-refractivity contribution < 1.29 is 14.6 Å². The molecular formula is C15H21NO3. The van der Waals surface area contributed by atoms with E-state index in [0.717, 1.165) is 36.1 Å². The highest BCUT2D eigenvalue weighted by atomic mass is 16.5. The number of carbonyl (C=O) groups is 1. The van der Waals surface area contributed by atoms with Crippen LogP contribution >= 0.6 is 0 Å². The van der Waals surface area contributed by atoms with Gasteiger partial charge in [-0.3, -0.25) is 10.1 Å². The minimum Gasteiger partial charge on any atom is -0.494 e. The van der Waals surface area contributed by atoms with Gasteiger partial charge in [0.25, 0.3) is 0 Å². The third-order valence-corrected chi connectivity index (χ3v) is 3.51. The van der Waals surface area contributed by atoms with Gasteiger partial charge in [-0.15, -0.1) is 0 Å².